The predicted molar refractivity (Wildman–Crippen MR) is 154 cm³/mol. The topological polar surface area (TPSA) is 0 Å². The minimum atomic E-state index is -0.479. The van der Waals surface area contributed by atoms with E-state index in [-0.39, 0.29) is 16.9 Å². The van der Waals surface area contributed by atoms with E-state index in [9.17, 15) is 8.78 Å². The summed E-state index contributed by atoms with van der Waals surface area (Å²) < 4.78 is 43.6. The Morgan fingerprint density at radius 1 is 0.538 bits per heavy atom. The lowest BCUT2D eigenvalue weighted by atomic mass is 9.95. The first-order valence-electron chi connectivity index (χ1n) is 12.9. The Kier molecular flexibility index (Phi) is 7.39. The molecule has 5 aromatic carbocycles. The van der Waals surface area contributed by atoms with Gasteiger partial charge in [0.2, 0.25) is 0 Å². The normalized spacial score (nSPS) is 10.7. The van der Waals surface area contributed by atoms with Crippen LogP contribution in [0.1, 0.15) is 34.7 Å². The molecule has 0 atom stereocenters. The summed E-state index contributed by atoms with van der Waals surface area (Å²) in [7, 11) is 0. The van der Waals surface area contributed by atoms with E-state index in [0.29, 0.717) is 23.1 Å². The summed E-state index contributed by atoms with van der Waals surface area (Å²) in [6.07, 6.45) is 0.632. The monoisotopic (exact) mass is 516 g/mol. The summed E-state index contributed by atoms with van der Waals surface area (Å²) in [5.74, 6) is 4.71. The molecular weight excluding hydrogens is 489 g/mol. The van der Waals surface area contributed by atoms with Crippen LogP contribution in [0.5, 0.6) is 0 Å². The van der Waals surface area contributed by atoms with Gasteiger partial charge in [0, 0.05) is 11.1 Å². The van der Waals surface area contributed by atoms with E-state index in [1.807, 2.05) is 25.1 Å². The fraction of sp³-hybridized carbons (Fsp3) is 0.111. The number of aryl methyl sites for hydroxylation is 3. The van der Waals surface area contributed by atoms with Gasteiger partial charge in [-0.15, -0.1) is 0 Å². The van der Waals surface area contributed by atoms with Gasteiger partial charge in [0.25, 0.3) is 0 Å². The van der Waals surface area contributed by atoms with Crippen molar-refractivity contribution in [1.29, 1.82) is 0 Å². The lowest BCUT2D eigenvalue weighted by Gasteiger charge is -2.10. The maximum absolute atomic E-state index is 15.3. The molecule has 5 aromatic rings. The molecule has 0 saturated heterocycles. The third-order valence-corrected chi connectivity index (χ3v) is 6.93. The highest BCUT2D eigenvalue weighted by atomic mass is 19.1. The van der Waals surface area contributed by atoms with Crippen LogP contribution in [0.15, 0.2) is 97.1 Å². The van der Waals surface area contributed by atoms with Crippen molar-refractivity contribution in [2.75, 3.05) is 0 Å². The maximum Gasteiger partial charge on any atom is 0.139 e. The molecule has 0 nitrogen and oxygen atoms in total. The Bertz CT molecular complexity index is 1700. The van der Waals surface area contributed by atoms with Crippen molar-refractivity contribution in [3.8, 4) is 45.2 Å². The zero-order valence-corrected chi connectivity index (χ0v) is 22.1. The smallest absolute Gasteiger partial charge is 0.139 e. The van der Waals surface area contributed by atoms with Crippen LogP contribution >= 0.6 is 0 Å². The van der Waals surface area contributed by atoms with Gasteiger partial charge in [0.1, 0.15) is 17.5 Å². The Morgan fingerprint density at radius 3 is 1.72 bits per heavy atom. The summed E-state index contributed by atoms with van der Waals surface area (Å²) in [5.41, 5.74) is 8.07. The lowest BCUT2D eigenvalue weighted by Crippen LogP contribution is -1.95. The summed E-state index contributed by atoms with van der Waals surface area (Å²) in [6.45, 7) is 5.57. The molecule has 0 spiro atoms. The minimum absolute atomic E-state index is 0.194. The van der Waals surface area contributed by atoms with Gasteiger partial charge >= 0.3 is 0 Å². The van der Waals surface area contributed by atoms with Crippen LogP contribution in [0.2, 0.25) is 0 Å². The SMILES string of the molecule is CCc1cc(-c2ccc(-c3ccc(C)cc3)cc2)cc(F)c1C#Cc1ccc(-c2cc(F)c(C)cc2F)cc1. The van der Waals surface area contributed by atoms with Crippen molar-refractivity contribution in [3.63, 3.8) is 0 Å². The molecule has 0 aliphatic rings. The van der Waals surface area contributed by atoms with Crippen LogP contribution < -0.4 is 0 Å². The predicted octanol–water partition coefficient (Wildman–Crippen LogP) is 9.68. The second kappa shape index (κ2) is 11.1. The zero-order valence-electron chi connectivity index (χ0n) is 22.1. The summed E-state index contributed by atoms with van der Waals surface area (Å²) in [5, 5.41) is 0. The fourth-order valence-corrected chi connectivity index (χ4v) is 4.59. The van der Waals surface area contributed by atoms with E-state index >= 15 is 4.39 Å². The Labute approximate surface area is 227 Å². The second-order valence-electron chi connectivity index (χ2n) is 9.70. The number of benzene rings is 5. The molecule has 0 aliphatic heterocycles. The van der Waals surface area contributed by atoms with Gasteiger partial charge in [-0.2, -0.15) is 0 Å². The van der Waals surface area contributed by atoms with Gasteiger partial charge in [0.15, 0.2) is 0 Å². The highest BCUT2D eigenvalue weighted by molar-refractivity contribution is 5.72. The molecule has 0 aliphatic carbocycles. The molecule has 192 valence electrons. The number of rotatable bonds is 4. The molecule has 0 amide bonds. The highest BCUT2D eigenvalue weighted by Gasteiger charge is 2.11. The molecule has 0 saturated carbocycles. The Balaban J connectivity index is 1.40. The van der Waals surface area contributed by atoms with E-state index < -0.39 is 11.6 Å². The number of hydrogen-bond acceptors (Lipinski definition) is 0. The molecule has 0 fully saturated rings. The summed E-state index contributed by atoms with van der Waals surface area (Å²) >= 11 is 0. The molecule has 5 rings (SSSR count). The van der Waals surface area contributed by atoms with Gasteiger partial charge in [0.05, 0.1) is 5.56 Å². The molecular formula is C36H27F3. The number of hydrogen-bond donors (Lipinski definition) is 0. The van der Waals surface area contributed by atoms with Gasteiger partial charge in [-0.25, -0.2) is 13.2 Å². The largest absolute Gasteiger partial charge is 0.207 e. The molecule has 0 heterocycles. The van der Waals surface area contributed by atoms with Crippen LogP contribution in [0, 0.1) is 43.1 Å². The molecule has 0 bridgehead atoms. The third kappa shape index (κ3) is 5.66. The quantitative estimate of drug-likeness (QED) is 0.209. The second-order valence-corrected chi connectivity index (χ2v) is 9.70. The van der Waals surface area contributed by atoms with Crippen LogP contribution in [0.25, 0.3) is 33.4 Å². The van der Waals surface area contributed by atoms with Gasteiger partial charge in [-0.05, 0) is 95.6 Å². The van der Waals surface area contributed by atoms with E-state index in [1.54, 1.807) is 24.3 Å². The average molecular weight is 517 g/mol. The molecule has 39 heavy (non-hydrogen) atoms. The Hall–Kier alpha value is -4.55. The average Bonchev–Trinajstić information content (AvgIpc) is 2.95. The molecule has 0 N–H and O–H groups in total. The fourth-order valence-electron chi connectivity index (χ4n) is 4.59. The zero-order chi connectivity index (χ0) is 27.5. The summed E-state index contributed by atoms with van der Waals surface area (Å²) in [6, 6.07) is 29.3. The third-order valence-electron chi connectivity index (χ3n) is 6.93. The molecule has 3 heteroatoms. The van der Waals surface area contributed by atoms with Gasteiger partial charge in [-0.1, -0.05) is 85.0 Å². The van der Waals surface area contributed by atoms with E-state index in [0.717, 1.165) is 27.8 Å². The van der Waals surface area contributed by atoms with Crippen molar-refractivity contribution in [2.45, 2.75) is 27.2 Å². The first-order chi connectivity index (χ1) is 18.8. The Morgan fingerprint density at radius 2 is 1.10 bits per heavy atom. The first-order valence-corrected chi connectivity index (χ1v) is 12.9. The van der Waals surface area contributed by atoms with E-state index in [1.165, 1.54) is 30.7 Å². The first kappa shape index (κ1) is 26.1. The number of halogens is 3. The van der Waals surface area contributed by atoms with Crippen LogP contribution in [-0.2, 0) is 6.42 Å². The molecule has 0 unspecified atom stereocenters. The van der Waals surface area contributed by atoms with Crippen molar-refractivity contribution < 1.29 is 13.2 Å². The van der Waals surface area contributed by atoms with Crippen molar-refractivity contribution in [1.82, 2.24) is 0 Å². The van der Waals surface area contributed by atoms with Crippen LogP contribution in [0.4, 0.5) is 13.2 Å². The van der Waals surface area contributed by atoms with Crippen LogP contribution in [-0.4, -0.2) is 0 Å². The minimum Gasteiger partial charge on any atom is -0.207 e. The maximum atomic E-state index is 15.3. The van der Waals surface area contributed by atoms with Crippen molar-refractivity contribution in [2.24, 2.45) is 0 Å². The van der Waals surface area contributed by atoms with Crippen LogP contribution in [0.3, 0.4) is 0 Å². The van der Waals surface area contributed by atoms with E-state index in [4.69, 9.17) is 0 Å². The van der Waals surface area contributed by atoms with Crippen molar-refractivity contribution in [3.05, 3.63) is 142 Å². The van der Waals surface area contributed by atoms with Gasteiger partial charge in [-0.3, -0.25) is 0 Å². The highest BCUT2D eigenvalue weighted by Crippen LogP contribution is 2.29. The standard InChI is InChI=1S/C36H27F3/c1-4-26-20-31(29-16-14-28(15-17-29)27-10-5-23(2)6-11-27)21-36(39)32(26)18-9-25-7-12-30(13-8-25)33-22-34(37)24(3)19-35(33)38/h5-8,10-17,19-22H,4H2,1-3H3. The van der Waals surface area contributed by atoms with E-state index in [2.05, 4.69) is 55.2 Å². The van der Waals surface area contributed by atoms with Gasteiger partial charge < -0.3 is 0 Å². The lowest BCUT2D eigenvalue weighted by molar-refractivity contribution is 0.595. The molecule has 0 radical (unpaired) electrons. The van der Waals surface area contributed by atoms with Crippen molar-refractivity contribution >= 4 is 0 Å². The summed E-state index contributed by atoms with van der Waals surface area (Å²) in [4.78, 5) is 0. The molecule has 0 aromatic heterocycles.